The number of carbonyl (C=O) groups is 2. The lowest BCUT2D eigenvalue weighted by Gasteiger charge is -2.23. The Balaban J connectivity index is 1.88. The minimum atomic E-state index is -1.03. The molecule has 0 aromatic heterocycles. The third-order valence-electron chi connectivity index (χ3n) is 2.81. The molecule has 0 saturated heterocycles. The van der Waals surface area contributed by atoms with Gasteiger partial charge in [-0.05, 0) is 30.7 Å². The van der Waals surface area contributed by atoms with E-state index in [-0.39, 0.29) is 12.6 Å². The molecule has 0 bridgehead atoms. The second-order valence-corrected chi connectivity index (χ2v) is 4.34. The van der Waals surface area contributed by atoms with Crippen LogP contribution in [0.2, 0.25) is 0 Å². The number of carbonyl (C=O) groups excluding carboxylic acids is 1. The molecule has 1 aliphatic heterocycles. The minimum Gasteiger partial charge on any atom is -0.482 e. The standard InChI is InChI=1S/C14H16N2O4/c17-13(18)10-20-12-6-4-11(5-7-12)15-14(19)16-8-2-1-3-9-16/h1-2,4-7H,3,8-10H2,(H,15,19)(H,17,18). The number of urea groups is 1. The van der Waals surface area contributed by atoms with E-state index in [4.69, 9.17) is 9.84 Å². The second-order valence-electron chi connectivity index (χ2n) is 4.34. The van der Waals surface area contributed by atoms with Gasteiger partial charge in [0.15, 0.2) is 6.61 Å². The van der Waals surface area contributed by atoms with Crippen molar-refractivity contribution in [3.63, 3.8) is 0 Å². The summed E-state index contributed by atoms with van der Waals surface area (Å²) in [5.74, 6) is -0.577. The first-order valence-electron chi connectivity index (χ1n) is 6.31. The lowest BCUT2D eigenvalue weighted by molar-refractivity contribution is -0.139. The van der Waals surface area contributed by atoms with Crippen LogP contribution in [0.15, 0.2) is 36.4 Å². The largest absolute Gasteiger partial charge is 0.482 e. The number of amides is 2. The Morgan fingerprint density at radius 3 is 2.60 bits per heavy atom. The smallest absolute Gasteiger partial charge is 0.341 e. The van der Waals surface area contributed by atoms with Gasteiger partial charge in [-0.25, -0.2) is 9.59 Å². The Hall–Kier alpha value is -2.50. The average Bonchev–Trinajstić information content (AvgIpc) is 2.47. The maximum atomic E-state index is 11.9. The van der Waals surface area contributed by atoms with Gasteiger partial charge in [-0.3, -0.25) is 0 Å². The predicted octanol–water partition coefficient (Wildman–Crippen LogP) is 1.94. The molecule has 2 rings (SSSR count). The van der Waals surface area contributed by atoms with Gasteiger partial charge in [0.25, 0.3) is 0 Å². The Bertz CT molecular complexity index is 510. The van der Waals surface area contributed by atoms with Crippen molar-refractivity contribution in [2.45, 2.75) is 6.42 Å². The van der Waals surface area contributed by atoms with E-state index in [0.29, 0.717) is 24.5 Å². The molecule has 0 spiro atoms. The van der Waals surface area contributed by atoms with Gasteiger partial charge in [-0.15, -0.1) is 0 Å². The van der Waals surface area contributed by atoms with Gasteiger partial charge in [-0.2, -0.15) is 0 Å². The van der Waals surface area contributed by atoms with Gasteiger partial charge < -0.3 is 20.1 Å². The van der Waals surface area contributed by atoms with E-state index in [1.54, 1.807) is 29.2 Å². The molecule has 20 heavy (non-hydrogen) atoms. The maximum absolute atomic E-state index is 11.9. The van der Waals surface area contributed by atoms with E-state index >= 15 is 0 Å². The molecule has 106 valence electrons. The molecule has 0 fully saturated rings. The number of benzene rings is 1. The zero-order valence-electron chi connectivity index (χ0n) is 10.9. The molecule has 1 aromatic rings. The zero-order chi connectivity index (χ0) is 14.4. The van der Waals surface area contributed by atoms with E-state index in [1.807, 2.05) is 6.08 Å². The Labute approximate surface area is 116 Å². The number of hydrogen-bond acceptors (Lipinski definition) is 3. The van der Waals surface area contributed by atoms with Crippen LogP contribution >= 0.6 is 0 Å². The lowest BCUT2D eigenvalue weighted by Crippen LogP contribution is -2.37. The van der Waals surface area contributed by atoms with Crippen molar-refractivity contribution in [2.24, 2.45) is 0 Å². The number of carboxylic acid groups (broad SMARTS) is 1. The van der Waals surface area contributed by atoms with Crippen LogP contribution in [0.4, 0.5) is 10.5 Å². The number of rotatable bonds is 4. The molecular weight excluding hydrogens is 260 g/mol. The number of nitrogens with one attached hydrogen (secondary N) is 1. The van der Waals surface area contributed by atoms with Crippen molar-refractivity contribution >= 4 is 17.7 Å². The van der Waals surface area contributed by atoms with Gasteiger partial charge in [0.05, 0.1) is 0 Å². The van der Waals surface area contributed by atoms with Crippen LogP contribution in [0.5, 0.6) is 5.75 Å². The predicted molar refractivity (Wildman–Crippen MR) is 73.9 cm³/mol. The minimum absolute atomic E-state index is 0.145. The summed E-state index contributed by atoms with van der Waals surface area (Å²) in [6.07, 6.45) is 4.89. The summed E-state index contributed by atoms with van der Waals surface area (Å²) < 4.78 is 5.01. The lowest BCUT2D eigenvalue weighted by atomic mass is 10.2. The molecule has 2 N–H and O–H groups in total. The fourth-order valence-electron chi connectivity index (χ4n) is 1.81. The molecule has 0 atom stereocenters. The van der Waals surface area contributed by atoms with Crippen molar-refractivity contribution in [3.8, 4) is 5.75 Å². The van der Waals surface area contributed by atoms with Gasteiger partial charge in [0.2, 0.25) is 0 Å². The van der Waals surface area contributed by atoms with Crippen molar-refractivity contribution in [1.29, 1.82) is 0 Å². The second kappa shape index (κ2) is 6.60. The van der Waals surface area contributed by atoms with Crippen molar-refractivity contribution < 1.29 is 19.4 Å². The van der Waals surface area contributed by atoms with Crippen molar-refractivity contribution in [1.82, 2.24) is 4.90 Å². The SMILES string of the molecule is O=C(O)COc1ccc(NC(=O)N2CC=CCC2)cc1. The Morgan fingerprint density at radius 2 is 2.00 bits per heavy atom. The summed E-state index contributed by atoms with van der Waals surface area (Å²) in [6, 6.07) is 6.45. The fraction of sp³-hybridized carbons (Fsp3) is 0.286. The number of nitrogens with zero attached hydrogens (tertiary/aromatic N) is 1. The highest BCUT2D eigenvalue weighted by Crippen LogP contribution is 2.16. The first-order chi connectivity index (χ1) is 9.65. The molecule has 0 radical (unpaired) electrons. The highest BCUT2D eigenvalue weighted by atomic mass is 16.5. The number of carboxylic acids is 1. The molecule has 0 saturated carbocycles. The van der Waals surface area contributed by atoms with Crippen LogP contribution in [0.1, 0.15) is 6.42 Å². The Morgan fingerprint density at radius 1 is 1.25 bits per heavy atom. The molecule has 0 aliphatic carbocycles. The van der Waals surface area contributed by atoms with Crippen molar-refractivity contribution in [3.05, 3.63) is 36.4 Å². The summed E-state index contributed by atoms with van der Waals surface area (Å²) in [6.45, 7) is 0.944. The summed E-state index contributed by atoms with van der Waals surface area (Å²) in [5.41, 5.74) is 0.646. The van der Waals surface area contributed by atoms with Crippen molar-refractivity contribution in [2.75, 3.05) is 25.0 Å². The van der Waals surface area contributed by atoms with Gasteiger partial charge in [0, 0.05) is 18.8 Å². The quantitative estimate of drug-likeness (QED) is 0.824. The van der Waals surface area contributed by atoms with E-state index in [0.717, 1.165) is 6.42 Å². The van der Waals surface area contributed by atoms with Crippen LogP contribution in [0.25, 0.3) is 0 Å². The molecule has 2 amide bonds. The summed E-state index contributed by atoms with van der Waals surface area (Å²) >= 11 is 0. The Kier molecular flexibility index (Phi) is 4.60. The van der Waals surface area contributed by atoms with E-state index in [2.05, 4.69) is 11.4 Å². The topological polar surface area (TPSA) is 78.9 Å². The van der Waals surface area contributed by atoms with Crippen LogP contribution in [-0.4, -0.2) is 41.7 Å². The number of ether oxygens (including phenoxy) is 1. The van der Waals surface area contributed by atoms with E-state index in [1.165, 1.54) is 0 Å². The zero-order valence-corrected chi connectivity index (χ0v) is 10.9. The van der Waals surface area contributed by atoms with Gasteiger partial charge in [0.1, 0.15) is 5.75 Å². The molecule has 1 aromatic carbocycles. The van der Waals surface area contributed by atoms with Gasteiger partial charge >= 0.3 is 12.0 Å². The normalized spacial score (nSPS) is 13.9. The molecular formula is C14H16N2O4. The van der Waals surface area contributed by atoms with Crippen LogP contribution in [0, 0.1) is 0 Å². The third-order valence-corrected chi connectivity index (χ3v) is 2.81. The monoisotopic (exact) mass is 276 g/mol. The summed E-state index contributed by atoms with van der Waals surface area (Å²) in [5, 5.41) is 11.3. The molecule has 1 aliphatic rings. The van der Waals surface area contributed by atoms with Crippen LogP contribution in [-0.2, 0) is 4.79 Å². The maximum Gasteiger partial charge on any atom is 0.341 e. The van der Waals surface area contributed by atoms with Crippen LogP contribution < -0.4 is 10.1 Å². The highest BCUT2D eigenvalue weighted by molar-refractivity contribution is 5.89. The molecule has 6 nitrogen and oxygen atoms in total. The summed E-state index contributed by atoms with van der Waals surface area (Å²) in [4.78, 5) is 24.0. The summed E-state index contributed by atoms with van der Waals surface area (Å²) in [7, 11) is 0. The number of hydrogen-bond donors (Lipinski definition) is 2. The molecule has 0 unspecified atom stereocenters. The van der Waals surface area contributed by atoms with E-state index in [9.17, 15) is 9.59 Å². The first kappa shape index (κ1) is 13.9. The third kappa shape index (κ3) is 4.01. The van der Waals surface area contributed by atoms with E-state index < -0.39 is 5.97 Å². The highest BCUT2D eigenvalue weighted by Gasteiger charge is 2.13. The number of aliphatic carboxylic acids is 1. The van der Waals surface area contributed by atoms with Crippen LogP contribution in [0.3, 0.4) is 0 Å². The molecule has 1 heterocycles. The fourth-order valence-corrected chi connectivity index (χ4v) is 1.81. The van der Waals surface area contributed by atoms with Gasteiger partial charge in [-0.1, -0.05) is 12.2 Å². The molecule has 6 heteroatoms. The average molecular weight is 276 g/mol. The first-order valence-corrected chi connectivity index (χ1v) is 6.31. The number of anilines is 1.